The van der Waals surface area contributed by atoms with Crippen LogP contribution in [-0.2, 0) is 28.6 Å². The van der Waals surface area contributed by atoms with E-state index in [1.165, 1.54) is 38.5 Å². The minimum absolute atomic E-state index is 0.140. The van der Waals surface area contributed by atoms with Gasteiger partial charge in [-0.3, -0.25) is 14.4 Å². The van der Waals surface area contributed by atoms with Gasteiger partial charge in [-0.25, -0.2) is 0 Å². The van der Waals surface area contributed by atoms with Crippen molar-refractivity contribution in [2.45, 2.75) is 187 Å². The summed E-state index contributed by atoms with van der Waals surface area (Å²) < 4.78 is 16.7. The quantitative estimate of drug-likeness (QED) is 0.0199. The van der Waals surface area contributed by atoms with E-state index in [0.29, 0.717) is 19.3 Å². The number of hydrogen-bond donors (Lipinski definition) is 0. The first-order chi connectivity index (χ1) is 32.5. The Morgan fingerprint density at radius 2 is 0.697 bits per heavy atom. The van der Waals surface area contributed by atoms with E-state index in [1.54, 1.807) is 0 Å². The number of esters is 3. The summed E-state index contributed by atoms with van der Waals surface area (Å²) in [6.45, 7) is 6.22. The third-order valence-corrected chi connectivity index (χ3v) is 9.96. The van der Waals surface area contributed by atoms with Gasteiger partial charge in [-0.05, 0) is 96.3 Å². The Bertz CT molecular complexity index is 1560. The molecule has 6 nitrogen and oxygen atoms in total. The van der Waals surface area contributed by atoms with Crippen molar-refractivity contribution >= 4 is 17.9 Å². The summed E-state index contributed by atoms with van der Waals surface area (Å²) in [5.41, 5.74) is 0. The second kappa shape index (κ2) is 52.7. The van der Waals surface area contributed by atoms with Gasteiger partial charge in [0.15, 0.2) is 6.10 Å². The van der Waals surface area contributed by atoms with Gasteiger partial charge in [0, 0.05) is 19.3 Å². The van der Waals surface area contributed by atoms with Crippen molar-refractivity contribution in [3.8, 4) is 0 Å². The van der Waals surface area contributed by atoms with Gasteiger partial charge in [0.05, 0.1) is 0 Å². The summed E-state index contributed by atoms with van der Waals surface area (Å²) >= 11 is 0. The van der Waals surface area contributed by atoms with Crippen LogP contribution in [0.5, 0.6) is 0 Å². The molecule has 1 atom stereocenters. The molecule has 0 saturated carbocycles. The molecule has 0 saturated heterocycles. The lowest BCUT2D eigenvalue weighted by Crippen LogP contribution is -2.30. The zero-order valence-electron chi connectivity index (χ0n) is 41.6. The van der Waals surface area contributed by atoms with Gasteiger partial charge in [-0.1, -0.05) is 224 Å². The predicted octanol–water partition coefficient (Wildman–Crippen LogP) is 17.0. The maximum atomic E-state index is 12.8. The normalized spacial score (nSPS) is 13.4. The van der Waals surface area contributed by atoms with Crippen molar-refractivity contribution in [1.82, 2.24) is 0 Å². The second-order valence-electron chi connectivity index (χ2n) is 16.1. The molecule has 0 aromatic heterocycles. The molecule has 0 radical (unpaired) electrons. The van der Waals surface area contributed by atoms with Crippen molar-refractivity contribution in [1.29, 1.82) is 0 Å². The van der Waals surface area contributed by atoms with Gasteiger partial charge in [-0.15, -0.1) is 0 Å². The van der Waals surface area contributed by atoms with E-state index in [9.17, 15) is 14.4 Å². The Labute approximate surface area is 403 Å². The Kier molecular flexibility index (Phi) is 48.7. The number of ether oxygens (including phenoxy) is 3. The van der Waals surface area contributed by atoms with Crippen LogP contribution in [0.3, 0.4) is 0 Å². The first-order valence-corrected chi connectivity index (χ1v) is 25.6. The minimum Gasteiger partial charge on any atom is -0.462 e. The number of carbonyl (C=O) groups excluding carboxylic acids is 3. The van der Waals surface area contributed by atoms with Gasteiger partial charge in [0.1, 0.15) is 13.2 Å². The highest BCUT2D eigenvalue weighted by molar-refractivity contribution is 5.71. The molecule has 366 valence electrons. The number of carbonyl (C=O) groups is 3. The van der Waals surface area contributed by atoms with E-state index in [1.807, 2.05) is 79.0 Å². The Morgan fingerprint density at radius 3 is 1.20 bits per heavy atom. The van der Waals surface area contributed by atoms with Crippen molar-refractivity contribution in [2.24, 2.45) is 0 Å². The Balaban J connectivity index is 4.65. The molecule has 0 aliphatic heterocycles. The molecule has 0 N–H and O–H groups in total. The van der Waals surface area contributed by atoms with Crippen LogP contribution in [0.15, 0.2) is 158 Å². The van der Waals surface area contributed by atoms with Crippen molar-refractivity contribution in [3.63, 3.8) is 0 Å². The molecular weight excluding hydrogens is 817 g/mol. The summed E-state index contributed by atoms with van der Waals surface area (Å²) in [7, 11) is 0. The molecule has 0 amide bonds. The molecule has 0 fully saturated rings. The van der Waals surface area contributed by atoms with E-state index < -0.39 is 6.10 Å². The van der Waals surface area contributed by atoms with Crippen LogP contribution in [0.25, 0.3) is 0 Å². The van der Waals surface area contributed by atoms with Gasteiger partial charge < -0.3 is 14.2 Å². The largest absolute Gasteiger partial charge is 0.462 e. The number of unbranched alkanes of at least 4 members (excludes halogenated alkanes) is 12. The first kappa shape index (κ1) is 61.0. The van der Waals surface area contributed by atoms with Gasteiger partial charge in [0.2, 0.25) is 0 Å². The monoisotopic (exact) mass is 907 g/mol. The van der Waals surface area contributed by atoms with Gasteiger partial charge in [0.25, 0.3) is 0 Å². The molecule has 1 unspecified atom stereocenters. The summed E-state index contributed by atoms with van der Waals surface area (Å²) in [5, 5.41) is 0. The molecule has 0 aliphatic rings. The van der Waals surface area contributed by atoms with Gasteiger partial charge in [-0.2, -0.15) is 0 Å². The Morgan fingerprint density at radius 1 is 0.333 bits per heavy atom. The van der Waals surface area contributed by atoms with Crippen molar-refractivity contribution in [3.05, 3.63) is 158 Å². The lowest BCUT2D eigenvalue weighted by molar-refractivity contribution is -0.166. The SMILES string of the molecule is CC\C=C/C=C\C=C/C=C\C=C\C=C/C=C\CCCCCC(=O)OCC(COC(=O)CC/C=C\C/C=C\CCCCCCCC)OC(=O)CCCCC/C=C\C/C=C\C/C=C\C/C=C\CC. The van der Waals surface area contributed by atoms with E-state index in [2.05, 4.69) is 99.8 Å². The molecule has 6 heteroatoms. The Hall–Kier alpha value is -4.97. The molecule has 0 spiro atoms. The van der Waals surface area contributed by atoms with E-state index in [4.69, 9.17) is 14.2 Å². The van der Waals surface area contributed by atoms with Crippen LogP contribution < -0.4 is 0 Å². The first-order valence-electron chi connectivity index (χ1n) is 25.6. The highest BCUT2D eigenvalue weighted by atomic mass is 16.6. The summed E-state index contributed by atoms with van der Waals surface area (Å²) in [4.78, 5) is 37.9. The van der Waals surface area contributed by atoms with Crippen LogP contribution in [0.2, 0.25) is 0 Å². The lowest BCUT2D eigenvalue weighted by Gasteiger charge is -2.18. The van der Waals surface area contributed by atoms with Crippen LogP contribution in [0, 0.1) is 0 Å². The van der Waals surface area contributed by atoms with E-state index >= 15 is 0 Å². The van der Waals surface area contributed by atoms with E-state index in [0.717, 1.165) is 83.5 Å². The zero-order valence-corrected chi connectivity index (χ0v) is 41.6. The second-order valence-corrected chi connectivity index (χ2v) is 16.1. The van der Waals surface area contributed by atoms with Crippen LogP contribution in [-0.4, -0.2) is 37.2 Å². The maximum absolute atomic E-state index is 12.8. The fourth-order valence-corrected chi connectivity index (χ4v) is 6.17. The molecule has 0 heterocycles. The van der Waals surface area contributed by atoms with Crippen molar-refractivity contribution < 1.29 is 28.6 Å². The predicted molar refractivity (Wildman–Crippen MR) is 283 cm³/mol. The fraction of sp³-hybridized carbons (Fsp3) is 0.517. The third kappa shape index (κ3) is 50.0. The van der Waals surface area contributed by atoms with Crippen LogP contribution in [0.4, 0.5) is 0 Å². The van der Waals surface area contributed by atoms with Gasteiger partial charge >= 0.3 is 17.9 Å². The average Bonchev–Trinajstić information content (AvgIpc) is 3.31. The van der Waals surface area contributed by atoms with Crippen molar-refractivity contribution in [2.75, 3.05) is 13.2 Å². The average molecular weight is 907 g/mol. The molecule has 0 aromatic carbocycles. The standard InChI is InChI=1S/C60H90O6/c1-4-7-10-13-16-19-22-25-27-29-30-31-33-35-38-41-44-47-50-53-59(62)65-56-57(55-64-58(61)52-49-46-43-40-37-34-24-21-18-15-12-9-6-3)66-60(63)54-51-48-45-42-39-36-32-28-26-23-20-17-14-11-8-5-2/h7-8,10-11,13,16-17,19-20,22,25-31,33-39,43,46,57H,4-6,9,12,14-15,18,21,23-24,32,40-42,44-45,47-56H2,1-3H3/b10-7-,11-8-,16-13-,20-17-,22-19-,27-25-,28-26-,30-29+,33-31-,37-34-,38-35-,39-36-,46-43-. The fourth-order valence-electron chi connectivity index (χ4n) is 6.17. The molecule has 0 aliphatic carbocycles. The van der Waals surface area contributed by atoms with Crippen LogP contribution >= 0.6 is 0 Å². The number of rotatable bonds is 43. The summed E-state index contributed by atoms with van der Waals surface area (Å²) in [6.07, 6.45) is 76.6. The highest BCUT2D eigenvalue weighted by Crippen LogP contribution is 2.11. The molecule has 0 bridgehead atoms. The van der Waals surface area contributed by atoms with Crippen LogP contribution in [0.1, 0.15) is 181 Å². The summed E-state index contributed by atoms with van der Waals surface area (Å²) in [5.74, 6) is -1.10. The topological polar surface area (TPSA) is 78.9 Å². The molecule has 0 rings (SSSR count). The number of allylic oxidation sites excluding steroid dienone is 26. The highest BCUT2D eigenvalue weighted by Gasteiger charge is 2.19. The molecule has 0 aromatic rings. The smallest absolute Gasteiger partial charge is 0.306 e. The zero-order chi connectivity index (χ0) is 47.9. The minimum atomic E-state index is -0.844. The molecule has 66 heavy (non-hydrogen) atoms. The lowest BCUT2D eigenvalue weighted by atomic mass is 10.1. The molecular formula is C60H90O6. The third-order valence-electron chi connectivity index (χ3n) is 9.96. The maximum Gasteiger partial charge on any atom is 0.306 e. The van der Waals surface area contributed by atoms with E-state index in [-0.39, 0.29) is 50.4 Å². The number of hydrogen-bond acceptors (Lipinski definition) is 6. The summed E-state index contributed by atoms with van der Waals surface area (Å²) in [6, 6.07) is 0.